The van der Waals surface area contributed by atoms with Gasteiger partial charge in [0.15, 0.2) is 5.78 Å². The van der Waals surface area contributed by atoms with Crippen molar-refractivity contribution >= 4 is 40.4 Å². The van der Waals surface area contributed by atoms with Gasteiger partial charge in [-0.2, -0.15) is 5.10 Å². The minimum Gasteiger partial charge on any atom is -0.326 e. The maximum Gasteiger partial charge on any atom is 0.221 e. The van der Waals surface area contributed by atoms with Gasteiger partial charge in [-0.05, 0) is 35.9 Å². The number of fused-ring (bicyclic) bond motifs is 1. The highest BCUT2D eigenvalue weighted by molar-refractivity contribution is 6.11. The number of amides is 1. The van der Waals surface area contributed by atoms with Crippen LogP contribution in [0.15, 0.2) is 72.8 Å². The fourth-order valence-electron chi connectivity index (χ4n) is 3.16. The number of ketones is 1. The lowest BCUT2D eigenvalue weighted by atomic mass is 10.0. The summed E-state index contributed by atoms with van der Waals surface area (Å²) < 4.78 is 0. The van der Waals surface area contributed by atoms with Crippen molar-refractivity contribution in [2.45, 2.75) is 6.92 Å². The van der Waals surface area contributed by atoms with E-state index in [0.717, 1.165) is 22.2 Å². The lowest BCUT2D eigenvalue weighted by Gasteiger charge is -2.05. The quantitative estimate of drug-likeness (QED) is 0.482. The number of carbonyl (C=O) groups is 2. The summed E-state index contributed by atoms with van der Waals surface area (Å²) in [6.07, 6.45) is 3.95. The number of benzene rings is 3. The number of hydrogen-bond donors (Lipinski definition) is 2. The zero-order valence-corrected chi connectivity index (χ0v) is 15.8. The van der Waals surface area contributed by atoms with Crippen molar-refractivity contribution in [3.8, 4) is 0 Å². The second-order valence-corrected chi connectivity index (χ2v) is 6.70. The van der Waals surface area contributed by atoms with Gasteiger partial charge < -0.3 is 5.32 Å². The van der Waals surface area contributed by atoms with E-state index in [0.29, 0.717) is 16.8 Å². The van der Waals surface area contributed by atoms with Crippen LogP contribution in [0.25, 0.3) is 23.1 Å². The fraction of sp³-hybridized carbons (Fsp3) is 0.0417. The fourth-order valence-corrected chi connectivity index (χ4v) is 3.16. The van der Waals surface area contributed by atoms with Gasteiger partial charge in [0.1, 0.15) is 0 Å². The summed E-state index contributed by atoms with van der Waals surface area (Å²) >= 11 is 0. The van der Waals surface area contributed by atoms with Crippen molar-refractivity contribution in [3.63, 3.8) is 0 Å². The van der Waals surface area contributed by atoms with E-state index in [2.05, 4.69) is 15.5 Å². The van der Waals surface area contributed by atoms with E-state index >= 15 is 0 Å². The van der Waals surface area contributed by atoms with Crippen LogP contribution < -0.4 is 5.32 Å². The Morgan fingerprint density at radius 1 is 0.897 bits per heavy atom. The molecule has 0 unspecified atom stereocenters. The average Bonchev–Trinajstić information content (AvgIpc) is 3.14. The zero-order chi connectivity index (χ0) is 20.2. The van der Waals surface area contributed by atoms with Gasteiger partial charge in [-0.1, -0.05) is 54.6 Å². The molecule has 0 saturated heterocycles. The molecule has 29 heavy (non-hydrogen) atoms. The highest BCUT2D eigenvalue weighted by Gasteiger charge is 2.12. The van der Waals surface area contributed by atoms with Crippen molar-refractivity contribution in [3.05, 3.63) is 95.2 Å². The number of nitrogens with zero attached hydrogens (tertiary/aromatic N) is 1. The number of H-pyrrole nitrogens is 1. The summed E-state index contributed by atoms with van der Waals surface area (Å²) in [5.74, 6) is -0.292. The summed E-state index contributed by atoms with van der Waals surface area (Å²) in [5.41, 5.74) is 4.37. The summed E-state index contributed by atoms with van der Waals surface area (Å²) in [6, 6.07) is 22.4. The third-order valence-electron chi connectivity index (χ3n) is 4.53. The average molecular weight is 381 g/mol. The molecule has 0 fully saturated rings. The predicted molar refractivity (Wildman–Crippen MR) is 116 cm³/mol. The van der Waals surface area contributed by atoms with Gasteiger partial charge in [-0.25, -0.2) is 0 Å². The van der Waals surface area contributed by atoms with Crippen LogP contribution in [-0.4, -0.2) is 21.9 Å². The number of nitrogens with one attached hydrogen (secondary N) is 2. The SMILES string of the molecule is CC(=O)Nc1cccc(C(=O)c2ccc3c(C=Cc4ccccc4)n[nH]c3c2)c1. The molecule has 1 heterocycles. The van der Waals surface area contributed by atoms with Crippen LogP contribution in [0.1, 0.15) is 34.1 Å². The topological polar surface area (TPSA) is 74.8 Å². The second kappa shape index (κ2) is 7.94. The van der Waals surface area contributed by atoms with Gasteiger partial charge >= 0.3 is 0 Å². The van der Waals surface area contributed by atoms with Crippen LogP contribution in [0, 0.1) is 0 Å². The van der Waals surface area contributed by atoms with Crippen molar-refractivity contribution in [1.82, 2.24) is 10.2 Å². The van der Waals surface area contributed by atoms with Crippen LogP contribution >= 0.6 is 0 Å². The Hall–Kier alpha value is -3.99. The van der Waals surface area contributed by atoms with Gasteiger partial charge in [-0.15, -0.1) is 0 Å². The molecule has 2 N–H and O–H groups in total. The number of aromatic amines is 1. The normalized spacial score (nSPS) is 11.1. The molecule has 1 amide bonds. The Morgan fingerprint density at radius 3 is 2.48 bits per heavy atom. The molecule has 0 atom stereocenters. The second-order valence-electron chi connectivity index (χ2n) is 6.70. The Morgan fingerprint density at radius 2 is 1.69 bits per heavy atom. The molecule has 0 aliphatic rings. The van der Waals surface area contributed by atoms with E-state index in [1.807, 2.05) is 48.6 Å². The molecule has 0 aliphatic heterocycles. The Labute approximate surface area is 168 Å². The minimum atomic E-state index is -0.176. The van der Waals surface area contributed by atoms with Crippen LogP contribution in [-0.2, 0) is 4.79 Å². The molecular weight excluding hydrogens is 362 g/mol. The van der Waals surface area contributed by atoms with Crippen molar-refractivity contribution in [2.24, 2.45) is 0 Å². The standard InChI is InChI=1S/C24H19N3O2/c1-16(28)25-20-9-5-8-18(14-20)24(29)19-11-12-21-22(26-27-23(21)15-19)13-10-17-6-3-2-4-7-17/h2-15H,1H3,(H,25,28)(H,26,27). The number of carbonyl (C=O) groups excluding carboxylic acids is 2. The molecule has 0 bridgehead atoms. The molecule has 3 aromatic carbocycles. The third-order valence-corrected chi connectivity index (χ3v) is 4.53. The van der Waals surface area contributed by atoms with E-state index in [9.17, 15) is 9.59 Å². The maximum absolute atomic E-state index is 12.9. The maximum atomic E-state index is 12.9. The molecule has 0 spiro atoms. The highest BCUT2D eigenvalue weighted by Crippen LogP contribution is 2.22. The highest BCUT2D eigenvalue weighted by atomic mass is 16.1. The van der Waals surface area contributed by atoms with E-state index in [1.165, 1.54) is 6.92 Å². The lowest BCUT2D eigenvalue weighted by Crippen LogP contribution is -2.07. The molecule has 0 saturated carbocycles. The summed E-state index contributed by atoms with van der Waals surface area (Å²) in [5, 5.41) is 11.0. The van der Waals surface area contributed by atoms with Crippen molar-refractivity contribution < 1.29 is 9.59 Å². The van der Waals surface area contributed by atoms with Crippen molar-refractivity contribution in [1.29, 1.82) is 0 Å². The van der Waals surface area contributed by atoms with Crippen molar-refractivity contribution in [2.75, 3.05) is 5.32 Å². The van der Waals surface area contributed by atoms with Crippen LogP contribution in [0.4, 0.5) is 5.69 Å². The molecule has 5 heteroatoms. The third kappa shape index (κ3) is 4.14. The zero-order valence-electron chi connectivity index (χ0n) is 15.8. The Balaban J connectivity index is 1.61. The summed E-state index contributed by atoms with van der Waals surface area (Å²) in [7, 11) is 0. The molecule has 4 aromatic rings. The van der Waals surface area contributed by atoms with E-state index < -0.39 is 0 Å². The molecule has 1 aromatic heterocycles. The Bertz CT molecular complexity index is 1220. The van der Waals surface area contributed by atoms with Gasteiger partial charge in [0.05, 0.1) is 11.2 Å². The minimum absolute atomic E-state index is 0.116. The molecular formula is C24H19N3O2. The number of rotatable bonds is 5. The smallest absolute Gasteiger partial charge is 0.221 e. The first-order chi connectivity index (χ1) is 14.1. The largest absolute Gasteiger partial charge is 0.326 e. The summed E-state index contributed by atoms with van der Waals surface area (Å²) in [4.78, 5) is 24.1. The van der Waals surface area contributed by atoms with E-state index in [-0.39, 0.29) is 11.7 Å². The molecule has 0 aliphatic carbocycles. The van der Waals surface area contributed by atoms with E-state index in [1.54, 1.807) is 36.4 Å². The van der Waals surface area contributed by atoms with E-state index in [4.69, 9.17) is 0 Å². The Kier molecular flexibility index (Phi) is 5.03. The van der Waals surface area contributed by atoms with Crippen LogP contribution in [0.2, 0.25) is 0 Å². The van der Waals surface area contributed by atoms with Gasteiger partial charge in [-0.3, -0.25) is 14.7 Å². The van der Waals surface area contributed by atoms with Gasteiger partial charge in [0, 0.05) is 29.1 Å². The van der Waals surface area contributed by atoms with Crippen LogP contribution in [0.3, 0.4) is 0 Å². The van der Waals surface area contributed by atoms with Gasteiger partial charge in [0.2, 0.25) is 5.91 Å². The number of hydrogen-bond acceptors (Lipinski definition) is 3. The monoisotopic (exact) mass is 381 g/mol. The summed E-state index contributed by atoms with van der Waals surface area (Å²) in [6.45, 7) is 1.44. The van der Waals surface area contributed by atoms with Gasteiger partial charge in [0.25, 0.3) is 0 Å². The predicted octanol–water partition coefficient (Wildman–Crippen LogP) is 4.92. The lowest BCUT2D eigenvalue weighted by molar-refractivity contribution is -0.114. The first kappa shape index (κ1) is 18.4. The molecule has 5 nitrogen and oxygen atoms in total. The number of anilines is 1. The molecule has 4 rings (SSSR count). The first-order valence-electron chi connectivity index (χ1n) is 9.24. The molecule has 142 valence electrons. The molecule has 0 radical (unpaired) electrons. The number of aromatic nitrogens is 2. The van der Waals surface area contributed by atoms with Crippen LogP contribution in [0.5, 0.6) is 0 Å². The first-order valence-corrected chi connectivity index (χ1v) is 9.24.